The van der Waals surface area contributed by atoms with E-state index in [9.17, 15) is 17.2 Å². The van der Waals surface area contributed by atoms with Crippen LogP contribution in [-0.4, -0.2) is 32.5 Å². The zero-order valence-corrected chi connectivity index (χ0v) is 12.7. The van der Waals surface area contributed by atoms with Crippen LogP contribution in [0.4, 0.5) is 20.4 Å². The average Bonchev–Trinajstić information content (AvgIpc) is 2.36. The molecule has 0 aliphatic rings. The molecule has 1 heterocycles. The molecule has 0 spiro atoms. The van der Waals surface area contributed by atoms with Gasteiger partial charge >= 0.3 is 0 Å². The van der Waals surface area contributed by atoms with E-state index in [1.54, 1.807) is 19.0 Å². The molecule has 6 nitrogen and oxygen atoms in total. The molecule has 1 N–H and O–H groups in total. The van der Waals surface area contributed by atoms with Crippen molar-refractivity contribution in [2.24, 2.45) is 0 Å². The summed E-state index contributed by atoms with van der Waals surface area (Å²) >= 11 is 0. The van der Waals surface area contributed by atoms with Gasteiger partial charge in [-0.15, -0.1) is 0 Å². The molecule has 2 aromatic rings. The molecule has 1 aromatic carbocycles. The quantitative estimate of drug-likeness (QED) is 0.905. The van der Waals surface area contributed by atoms with Crippen LogP contribution in [0.3, 0.4) is 0 Å². The zero-order chi connectivity index (χ0) is 16.3. The summed E-state index contributed by atoms with van der Waals surface area (Å²) in [6.07, 6.45) is 2.62. The Hall–Kier alpha value is -2.29. The lowest BCUT2D eigenvalue weighted by molar-refractivity contribution is 0.579. The Morgan fingerprint density at radius 3 is 2.14 bits per heavy atom. The Bertz CT molecular complexity index is 744. The van der Waals surface area contributed by atoms with Gasteiger partial charge in [0, 0.05) is 20.2 Å². The van der Waals surface area contributed by atoms with Crippen molar-refractivity contribution < 1.29 is 17.2 Å². The van der Waals surface area contributed by atoms with E-state index in [1.165, 1.54) is 12.4 Å². The number of halogens is 2. The summed E-state index contributed by atoms with van der Waals surface area (Å²) in [6.45, 7) is 0. The Morgan fingerprint density at radius 2 is 1.64 bits per heavy atom. The Morgan fingerprint density at radius 1 is 1.09 bits per heavy atom. The van der Waals surface area contributed by atoms with Gasteiger partial charge in [0.05, 0.1) is 23.8 Å². The van der Waals surface area contributed by atoms with Gasteiger partial charge in [-0.2, -0.15) is 0 Å². The number of hydrogen-bond donors (Lipinski definition) is 1. The summed E-state index contributed by atoms with van der Waals surface area (Å²) in [5, 5.41) is 0. The highest BCUT2D eigenvalue weighted by Crippen LogP contribution is 2.14. The summed E-state index contributed by atoms with van der Waals surface area (Å²) in [6, 6.07) is 2.61. The van der Waals surface area contributed by atoms with Gasteiger partial charge in [-0.25, -0.2) is 27.2 Å². The molecule has 0 saturated carbocycles. The molecule has 0 unspecified atom stereocenters. The molecule has 0 amide bonds. The number of aromatic nitrogens is 2. The molecule has 0 bridgehead atoms. The summed E-state index contributed by atoms with van der Waals surface area (Å²) < 4.78 is 52.4. The van der Waals surface area contributed by atoms with E-state index < -0.39 is 27.4 Å². The third-order valence-corrected chi connectivity index (χ3v) is 3.85. The van der Waals surface area contributed by atoms with Gasteiger partial charge in [-0.1, -0.05) is 0 Å². The third kappa shape index (κ3) is 4.35. The largest absolute Gasteiger partial charge is 0.347 e. The van der Waals surface area contributed by atoms with Crippen LogP contribution >= 0.6 is 0 Å². The first-order chi connectivity index (χ1) is 10.2. The normalized spacial score (nSPS) is 11.3. The first-order valence-corrected chi connectivity index (χ1v) is 7.85. The van der Waals surface area contributed by atoms with Gasteiger partial charge < -0.3 is 4.90 Å². The van der Waals surface area contributed by atoms with Crippen LogP contribution < -0.4 is 9.62 Å². The van der Waals surface area contributed by atoms with Gasteiger partial charge in [-0.3, -0.25) is 4.72 Å². The lowest BCUT2D eigenvalue weighted by atomic mass is 10.2. The molecule has 0 radical (unpaired) electrons. The number of benzene rings is 1. The fraction of sp³-hybridized carbons (Fsp3) is 0.231. The maximum absolute atomic E-state index is 13.1. The highest BCUT2D eigenvalue weighted by molar-refractivity contribution is 7.91. The molecular formula is C13H14F2N4O2S. The summed E-state index contributed by atoms with van der Waals surface area (Å²) in [5.41, 5.74) is 0.179. The lowest BCUT2D eigenvalue weighted by Gasteiger charge is -2.11. The molecule has 0 aliphatic carbocycles. The monoisotopic (exact) mass is 328 g/mol. The first-order valence-electron chi connectivity index (χ1n) is 6.20. The van der Waals surface area contributed by atoms with Crippen LogP contribution in [0.25, 0.3) is 0 Å². The molecule has 1 aromatic heterocycles. The lowest BCUT2D eigenvalue weighted by Crippen LogP contribution is -2.17. The fourth-order valence-corrected chi connectivity index (χ4v) is 2.88. The number of sulfonamides is 1. The highest BCUT2D eigenvalue weighted by Gasteiger charge is 2.14. The Kier molecular flexibility index (Phi) is 4.55. The van der Waals surface area contributed by atoms with E-state index in [1.807, 2.05) is 0 Å². The van der Waals surface area contributed by atoms with Crippen LogP contribution in [-0.2, 0) is 15.8 Å². The van der Waals surface area contributed by atoms with Crippen molar-refractivity contribution in [3.05, 3.63) is 47.8 Å². The maximum atomic E-state index is 13.1. The molecule has 9 heteroatoms. The van der Waals surface area contributed by atoms with Gasteiger partial charge in [0.1, 0.15) is 11.6 Å². The van der Waals surface area contributed by atoms with E-state index in [2.05, 4.69) is 14.7 Å². The van der Waals surface area contributed by atoms with Gasteiger partial charge in [-0.05, 0) is 17.7 Å². The Labute approximate surface area is 126 Å². The number of rotatable bonds is 5. The van der Waals surface area contributed by atoms with Crippen molar-refractivity contribution in [2.75, 3.05) is 23.7 Å². The van der Waals surface area contributed by atoms with Gasteiger partial charge in [0.25, 0.3) is 0 Å². The van der Waals surface area contributed by atoms with Crippen molar-refractivity contribution in [3.63, 3.8) is 0 Å². The first kappa shape index (κ1) is 16.1. The fourth-order valence-electron chi connectivity index (χ4n) is 1.73. The van der Waals surface area contributed by atoms with Crippen molar-refractivity contribution in [3.8, 4) is 0 Å². The molecular weight excluding hydrogens is 314 g/mol. The molecule has 2 rings (SSSR count). The number of hydrogen-bond acceptors (Lipinski definition) is 5. The van der Waals surface area contributed by atoms with Crippen LogP contribution in [0.15, 0.2) is 30.6 Å². The summed E-state index contributed by atoms with van der Waals surface area (Å²) in [7, 11) is -0.336. The predicted molar refractivity (Wildman–Crippen MR) is 79.0 cm³/mol. The molecule has 0 atom stereocenters. The van der Waals surface area contributed by atoms with Crippen molar-refractivity contribution in [1.29, 1.82) is 0 Å². The second kappa shape index (κ2) is 6.22. The van der Waals surface area contributed by atoms with E-state index >= 15 is 0 Å². The van der Waals surface area contributed by atoms with E-state index in [-0.39, 0.29) is 11.3 Å². The Balaban J connectivity index is 2.13. The van der Waals surface area contributed by atoms with E-state index in [0.717, 1.165) is 12.1 Å². The predicted octanol–water partition coefficient (Wildman–Crippen LogP) is 1.76. The molecule has 0 aliphatic heterocycles. The molecule has 118 valence electrons. The van der Waals surface area contributed by atoms with Crippen LogP contribution in [0.1, 0.15) is 5.56 Å². The van der Waals surface area contributed by atoms with Crippen LogP contribution in [0, 0.1) is 11.6 Å². The molecule has 0 fully saturated rings. The minimum atomic E-state index is -3.83. The van der Waals surface area contributed by atoms with Crippen molar-refractivity contribution >= 4 is 21.7 Å². The minimum absolute atomic E-state index is 0.0100. The number of anilines is 2. The summed E-state index contributed by atoms with van der Waals surface area (Å²) in [5.74, 6) is -1.79. The van der Waals surface area contributed by atoms with Crippen molar-refractivity contribution in [1.82, 2.24) is 9.97 Å². The van der Waals surface area contributed by atoms with Crippen molar-refractivity contribution in [2.45, 2.75) is 5.75 Å². The van der Waals surface area contributed by atoms with E-state index in [0.29, 0.717) is 12.0 Å². The summed E-state index contributed by atoms with van der Waals surface area (Å²) in [4.78, 5) is 9.59. The van der Waals surface area contributed by atoms with Crippen LogP contribution in [0.5, 0.6) is 0 Å². The second-order valence-corrected chi connectivity index (χ2v) is 6.53. The zero-order valence-electron chi connectivity index (χ0n) is 11.9. The standard InChI is InChI=1S/C13H14F2N4O2S/c1-19(2)13-16-6-12(7-17-13)18-22(20,21)8-9-3-10(14)5-11(15)4-9/h3-7,18H,8H2,1-2H3. The smallest absolute Gasteiger partial charge is 0.237 e. The third-order valence-electron chi connectivity index (χ3n) is 2.59. The molecule has 0 saturated heterocycles. The van der Waals surface area contributed by atoms with Crippen LogP contribution in [0.2, 0.25) is 0 Å². The molecule has 22 heavy (non-hydrogen) atoms. The van der Waals surface area contributed by atoms with Gasteiger partial charge in [0.2, 0.25) is 16.0 Å². The second-order valence-electron chi connectivity index (χ2n) is 4.81. The number of nitrogens with one attached hydrogen (secondary N) is 1. The average molecular weight is 328 g/mol. The maximum Gasteiger partial charge on any atom is 0.237 e. The number of nitrogens with zero attached hydrogens (tertiary/aromatic N) is 3. The minimum Gasteiger partial charge on any atom is -0.347 e. The topological polar surface area (TPSA) is 75.2 Å². The highest BCUT2D eigenvalue weighted by atomic mass is 32.2. The van der Waals surface area contributed by atoms with E-state index in [4.69, 9.17) is 0 Å². The van der Waals surface area contributed by atoms with Gasteiger partial charge in [0.15, 0.2) is 0 Å². The SMILES string of the molecule is CN(C)c1ncc(NS(=O)(=O)Cc2cc(F)cc(F)c2)cn1.